The first-order valence-electron chi connectivity index (χ1n) is 16.4. The monoisotopic (exact) mass is 705 g/mol. The second-order valence-electron chi connectivity index (χ2n) is 13.2. The van der Waals surface area contributed by atoms with Crippen LogP contribution in [0.2, 0.25) is 0 Å². The molecule has 0 unspecified atom stereocenters. The van der Waals surface area contributed by atoms with E-state index in [1.54, 1.807) is 30.3 Å². The highest BCUT2D eigenvalue weighted by Gasteiger charge is 2.51. The number of nitrogens with zero attached hydrogens (tertiary/aromatic N) is 1. The lowest BCUT2D eigenvalue weighted by molar-refractivity contribution is -0.135. The summed E-state index contributed by atoms with van der Waals surface area (Å²) in [6, 6.07) is 6.18. The van der Waals surface area contributed by atoms with Gasteiger partial charge in [-0.3, -0.25) is 24.2 Å². The molecule has 22 radical (unpaired) electrons. The minimum atomic E-state index is -3.09. The van der Waals surface area contributed by atoms with E-state index in [2.05, 4.69) is 20.9 Å². The first-order valence-corrected chi connectivity index (χ1v) is 16.4. The van der Waals surface area contributed by atoms with Crippen LogP contribution >= 0.6 is 0 Å². The molecule has 0 aliphatic heterocycles. The number of carbonyl (C=O) groups is 4. The zero-order valence-corrected chi connectivity index (χ0v) is 29.8. The molecule has 2 rings (SSSR count). The Morgan fingerprint density at radius 2 is 1.28 bits per heavy atom. The van der Waals surface area contributed by atoms with Crippen LogP contribution < -0.4 is 71.9 Å². The number of guanidine groups is 1. The molecule has 13 N–H and O–H groups in total. The molecule has 0 heterocycles. The first kappa shape index (κ1) is 46.4. The summed E-state index contributed by atoms with van der Waals surface area (Å²) in [6.45, 7) is 0.0189. The topological polar surface area (TPSA) is 247 Å². The summed E-state index contributed by atoms with van der Waals surface area (Å²) in [7, 11) is 67.9. The van der Waals surface area contributed by atoms with E-state index in [4.69, 9.17) is 115 Å². The fraction of sp³-hybridized carbons (Fsp3) is 0.433. The fourth-order valence-corrected chi connectivity index (χ4v) is 5.36. The number of benzene rings is 2. The highest BCUT2D eigenvalue weighted by atomic mass is 16.2. The van der Waals surface area contributed by atoms with Gasteiger partial charge < -0.3 is 44.6 Å². The normalized spacial score (nSPS) is 15.0. The molecule has 24 heteroatoms. The van der Waals surface area contributed by atoms with Crippen molar-refractivity contribution in [3.8, 4) is 0 Å². The Kier molecular flexibility index (Phi) is 16.1. The Morgan fingerprint density at radius 1 is 0.741 bits per heavy atom. The van der Waals surface area contributed by atoms with Crippen LogP contribution in [0.4, 0.5) is 0 Å². The van der Waals surface area contributed by atoms with Gasteiger partial charge in [0.2, 0.25) is 23.6 Å². The molecule has 2 aromatic rings. The highest BCUT2D eigenvalue weighted by molar-refractivity contribution is 6.68. The molecule has 0 bridgehead atoms. The molecule has 0 aromatic heterocycles. The van der Waals surface area contributed by atoms with Gasteiger partial charge in [-0.15, -0.1) is 27.3 Å². The van der Waals surface area contributed by atoms with Crippen molar-refractivity contribution in [2.75, 3.05) is 6.54 Å². The number of carbonyl (C=O) groups excluding carboxylic acids is 4. The summed E-state index contributed by atoms with van der Waals surface area (Å²) in [5.41, 5.74) is 21.1. The molecule has 0 aliphatic rings. The van der Waals surface area contributed by atoms with Crippen molar-refractivity contribution in [1.82, 2.24) is 16.0 Å². The van der Waals surface area contributed by atoms with Crippen LogP contribution in [-0.4, -0.2) is 151 Å². The zero-order chi connectivity index (χ0) is 41.4. The van der Waals surface area contributed by atoms with Gasteiger partial charge in [0, 0.05) is 6.54 Å². The van der Waals surface area contributed by atoms with Crippen LogP contribution in [0, 0.1) is 0 Å². The van der Waals surface area contributed by atoms with Gasteiger partial charge in [0.1, 0.15) is 61.0 Å². The number of nitrogens with two attached hydrogens (primary N) is 5. The fourth-order valence-electron chi connectivity index (χ4n) is 5.36. The predicted molar refractivity (Wildman–Crippen MR) is 221 cm³/mol. The lowest BCUT2D eigenvalue weighted by Crippen LogP contribution is -2.77. The molecule has 0 spiro atoms. The molecule has 4 amide bonds. The van der Waals surface area contributed by atoms with Crippen LogP contribution in [0.25, 0.3) is 0 Å². The Labute approximate surface area is 331 Å². The van der Waals surface area contributed by atoms with E-state index in [0.717, 1.165) is 5.56 Å². The lowest BCUT2D eigenvalue weighted by Gasteiger charge is -2.50. The Bertz CT molecular complexity index is 1700. The van der Waals surface area contributed by atoms with Crippen molar-refractivity contribution in [2.45, 2.75) is 72.0 Å². The molecule has 0 fully saturated rings. The van der Waals surface area contributed by atoms with Crippen LogP contribution in [0.5, 0.6) is 0 Å². The second-order valence-corrected chi connectivity index (χ2v) is 13.2. The van der Waals surface area contributed by atoms with Crippen molar-refractivity contribution in [2.24, 2.45) is 33.7 Å². The van der Waals surface area contributed by atoms with Gasteiger partial charge in [-0.1, -0.05) is 59.3 Å². The van der Waals surface area contributed by atoms with Crippen molar-refractivity contribution >= 4 is 143 Å². The average molecular weight is 704 g/mol. The van der Waals surface area contributed by atoms with Gasteiger partial charge in [0.25, 0.3) is 0 Å². The van der Waals surface area contributed by atoms with Crippen molar-refractivity contribution < 1.29 is 19.2 Å². The van der Waals surface area contributed by atoms with E-state index in [1.807, 2.05) is 0 Å². The van der Waals surface area contributed by atoms with Crippen LogP contribution in [0.3, 0.4) is 0 Å². The number of rotatable bonds is 19. The highest BCUT2D eigenvalue weighted by Crippen LogP contribution is 2.27. The van der Waals surface area contributed by atoms with Gasteiger partial charge in [-0.05, 0) is 31.2 Å². The smallest absolute Gasteiger partial charge is 0.242 e. The molecule has 256 valence electrons. The molecular formula is C30H34B11N9O4. The maximum absolute atomic E-state index is 14.4. The van der Waals surface area contributed by atoms with Crippen molar-refractivity contribution in [3.05, 3.63) is 41.5 Å². The Hall–Kier alpha value is -3.78. The maximum atomic E-state index is 14.4. The molecule has 0 aliphatic carbocycles. The number of nitrogens with one attached hydrogen (secondary N) is 3. The number of amides is 4. The number of hydrogen-bond acceptors (Lipinski definition) is 7. The van der Waals surface area contributed by atoms with Gasteiger partial charge in [-0.25, -0.2) is 0 Å². The van der Waals surface area contributed by atoms with Gasteiger partial charge >= 0.3 is 0 Å². The Morgan fingerprint density at radius 3 is 1.78 bits per heavy atom. The largest absolute Gasteiger partial charge is 0.370 e. The predicted octanol–water partition coefficient (Wildman–Crippen LogP) is -10.2. The van der Waals surface area contributed by atoms with Gasteiger partial charge in [0.15, 0.2) is 5.96 Å². The average Bonchev–Trinajstić information content (AvgIpc) is 3.07. The lowest BCUT2D eigenvalue weighted by atomic mass is 9.34. The summed E-state index contributed by atoms with van der Waals surface area (Å²) in [6.07, 6.45) is -0.504. The minimum Gasteiger partial charge on any atom is -0.370 e. The third-order valence-corrected chi connectivity index (χ3v) is 8.61. The third-order valence-electron chi connectivity index (χ3n) is 8.61. The molecule has 4 atom stereocenters. The molecule has 0 saturated heterocycles. The molecule has 0 saturated carbocycles. The third kappa shape index (κ3) is 11.6. The van der Waals surface area contributed by atoms with Crippen LogP contribution in [0.15, 0.2) is 35.3 Å². The van der Waals surface area contributed by atoms with E-state index >= 15 is 0 Å². The molecule has 13 nitrogen and oxygen atoms in total. The van der Waals surface area contributed by atoms with Crippen LogP contribution in [0.1, 0.15) is 43.2 Å². The van der Waals surface area contributed by atoms with Gasteiger partial charge in [0.05, 0.1) is 48.3 Å². The van der Waals surface area contributed by atoms with Crippen molar-refractivity contribution in [1.29, 1.82) is 0 Å². The van der Waals surface area contributed by atoms with E-state index in [1.165, 1.54) is 0 Å². The number of aliphatic imine (C=N–C) groups is 1. The van der Waals surface area contributed by atoms with Gasteiger partial charge in [-0.2, -0.15) is 0 Å². The summed E-state index contributed by atoms with van der Waals surface area (Å²) < 4.78 is 0. The minimum absolute atomic E-state index is 0.0189. The summed E-state index contributed by atoms with van der Waals surface area (Å²) >= 11 is 0. The number of hydrogen-bond donors (Lipinski definition) is 8. The quantitative estimate of drug-likeness (QED) is 0.0302. The number of primary amides is 1. The van der Waals surface area contributed by atoms with Crippen LogP contribution in [-0.2, 0) is 30.8 Å². The van der Waals surface area contributed by atoms with Crippen molar-refractivity contribution in [3.63, 3.8) is 0 Å². The first-order chi connectivity index (χ1) is 24.8. The Balaban J connectivity index is 2.70. The summed E-state index contributed by atoms with van der Waals surface area (Å²) in [4.78, 5) is 58.4. The second kappa shape index (κ2) is 18.7. The summed E-state index contributed by atoms with van der Waals surface area (Å²) in [5.74, 6) is -4.91. The van der Waals surface area contributed by atoms with E-state index in [0.29, 0.717) is 0 Å². The maximum Gasteiger partial charge on any atom is 0.242 e. The van der Waals surface area contributed by atoms with E-state index in [-0.39, 0.29) is 61.0 Å². The SMILES string of the molecule is [B]c1c([B])c([B])c(C([B])([B])[C@]([B])(NC(=O)[C@@H](CCCN=C(N)N)NC(=O)[C@@H](N)Cc2ccccc2)C(=O)N[C@@]([B])(CCCC([B])([B])N)C(N)=O)c([B])c1[B]. The van der Waals surface area contributed by atoms with E-state index in [9.17, 15) is 19.2 Å². The standard InChI is InChI=1S/C30H34B11N9O4/c31-17-16(18(32)20(34)21(35)19(17)33)29(39,40)30(41,25(54)50-27(36,24(43)53)9-5-10-28(37,38)46)49-23(52)15(8-4-11-47-26(44)45)48-22(51)14(42)12-13-6-2-1-3-7-13/h1-3,6-7,14-15H,4-5,8-12,42,46H2,(H2,43,53)(H,48,51)(H,49,52)(H,50,54)(H4,44,45,47)/t14-,15+,27-,30+/m0/s1. The zero-order valence-electron chi connectivity index (χ0n) is 29.8. The molecular weight excluding hydrogens is 669 g/mol. The molecule has 2 aromatic carbocycles. The molecule has 54 heavy (non-hydrogen) atoms. The van der Waals surface area contributed by atoms with E-state index < -0.39 is 80.1 Å². The summed E-state index contributed by atoms with van der Waals surface area (Å²) in [5, 5.41) is 2.46.